The van der Waals surface area contributed by atoms with Crippen LogP contribution >= 0.6 is 0 Å². The first kappa shape index (κ1) is 16.9. The number of hydrogen-bond donors (Lipinski definition) is 1. The lowest BCUT2D eigenvalue weighted by molar-refractivity contribution is 0.401. The van der Waals surface area contributed by atoms with Gasteiger partial charge >= 0.3 is 0 Å². The molecule has 0 radical (unpaired) electrons. The van der Waals surface area contributed by atoms with Gasteiger partial charge in [-0.05, 0) is 58.1 Å². The van der Waals surface area contributed by atoms with Gasteiger partial charge in [-0.1, -0.05) is 0 Å². The van der Waals surface area contributed by atoms with Crippen LogP contribution in [0.4, 0.5) is 14.5 Å². The number of nitrogens with two attached hydrogens (primary N) is 1. The third-order valence-electron chi connectivity index (χ3n) is 3.11. The molecule has 5 heteroatoms. The molecule has 0 fully saturated rings. The zero-order valence-electron chi connectivity index (χ0n) is 12.8. The molecule has 114 valence electrons. The second-order valence-electron chi connectivity index (χ2n) is 5.67. The van der Waals surface area contributed by atoms with Crippen molar-refractivity contribution in [2.24, 2.45) is 5.73 Å². The van der Waals surface area contributed by atoms with Crippen LogP contribution in [0.25, 0.3) is 0 Å². The molecule has 0 aliphatic rings. The topological polar surface area (TPSA) is 32.5 Å². The van der Waals surface area contributed by atoms with Crippen LogP contribution in [0, 0.1) is 11.6 Å². The number of hydrogen-bond acceptors (Lipinski definition) is 3. The molecule has 1 unspecified atom stereocenters. The van der Waals surface area contributed by atoms with Gasteiger partial charge < -0.3 is 15.5 Å². The minimum atomic E-state index is -0.520. The first-order chi connectivity index (χ1) is 9.31. The molecule has 2 N–H and O–H groups in total. The molecule has 1 atom stereocenters. The molecule has 0 spiro atoms. The predicted octanol–water partition coefficient (Wildman–Crippen LogP) is 2.24. The zero-order chi connectivity index (χ0) is 15.3. The van der Waals surface area contributed by atoms with Crippen molar-refractivity contribution in [3.63, 3.8) is 0 Å². The smallest absolute Gasteiger partial charge is 0.149 e. The summed E-state index contributed by atoms with van der Waals surface area (Å²) < 4.78 is 28.1. The van der Waals surface area contributed by atoms with E-state index in [0.29, 0.717) is 18.5 Å². The van der Waals surface area contributed by atoms with E-state index in [-0.39, 0.29) is 11.7 Å². The Bertz CT molecular complexity index is 410. The van der Waals surface area contributed by atoms with Gasteiger partial charge in [0.2, 0.25) is 0 Å². The molecule has 1 aromatic carbocycles. The number of rotatable bonds is 7. The lowest BCUT2D eigenvalue weighted by Gasteiger charge is -2.22. The molecular weight excluding hydrogens is 260 g/mol. The first-order valence-corrected chi connectivity index (χ1v) is 6.90. The molecule has 0 bridgehead atoms. The second-order valence-corrected chi connectivity index (χ2v) is 5.67. The highest BCUT2D eigenvalue weighted by Crippen LogP contribution is 2.24. The molecule has 20 heavy (non-hydrogen) atoms. The van der Waals surface area contributed by atoms with Crippen LogP contribution < -0.4 is 10.6 Å². The summed E-state index contributed by atoms with van der Waals surface area (Å²) in [4.78, 5) is 3.68. The molecule has 1 aromatic rings. The second kappa shape index (κ2) is 7.55. The summed E-state index contributed by atoms with van der Waals surface area (Å²) >= 11 is 0. The Balaban J connectivity index is 2.79. The fourth-order valence-corrected chi connectivity index (χ4v) is 2.21. The first-order valence-electron chi connectivity index (χ1n) is 6.90. The van der Waals surface area contributed by atoms with Gasteiger partial charge in [-0.3, -0.25) is 0 Å². The minimum Gasteiger partial charge on any atom is -0.370 e. The maximum atomic E-state index is 14.1. The molecular formula is C15H25F2N3. The van der Waals surface area contributed by atoms with Crippen molar-refractivity contribution in [3.8, 4) is 0 Å². The Morgan fingerprint density at radius 2 is 1.65 bits per heavy atom. The summed E-state index contributed by atoms with van der Waals surface area (Å²) in [6.07, 6.45) is 1.32. The molecule has 0 amide bonds. The molecule has 0 aliphatic heterocycles. The van der Waals surface area contributed by atoms with Crippen molar-refractivity contribution in [2.75, 3.05) is 39.1 Å². The summed E-state index contributed by atoms with van der Waals surface area (Å²) in [6, 6.07) is 2.64. The fraction of sp³-hybridized carbons (Fsp3) is 0.600. The SMILES string of the molecule is CC(N)Cc1cc(F)c(N(C)CCCN(C)C)c(F)c1. The van der Waals surface area contributed by atoms with E-state index in [4.69, 9.17) is 5.73 Å². The van der Waals surface area contributed by atoms with Crippen molar-refractivity contribution in [3.05, 3.63) is 29.3 Å². The van der Waals surface area contributed by atoms with Gasteiger partial charge in [0.25, 0.3) is 0 Å². The van der Waals surface area contributed by atoms with E-state index < -0.39 is 11.6 Å². The van der Waals surface area contributed by atoms with Gasteiger partial charge in [-0.2, -0.15) is 0 Å². The Kier molecular flexibility index (Phi) is 6.36. The van der Waals surface area contributed by atoms with Crippen LogP contribution in [0.2, 0.25) is 0 Å². The van der Waals surface area contributed by atoms with Gasteiger partial charge in [0.05, 0.1) is 0 Å². The van der Waals surface area contributed by atoms with E-state index in [0.717, 1.165) is 13.0 Å². The third-order valence-corrected chi connectivity index (χ3v) is 3.11. The average Bonchev–Trinajstić information content (AvgIpc) is 2.26. The van der Waals surface area contributed by atoms with Gasteiger partial charge in [-0.25, -0.2) is 8.78 Å². The number of nitrogens with zero attached hydrogens (tertiary/aromatic N) is 2. The highest BCUT2D eigenvalue weighted by atomic mass is 19.1. The van der Waals surface area contributed by atoms with Crippen LogP contribution in [0.3, 0.4) is 0 Å². The molecule has 3 nitrogen and oxygen atoms in total. The van der Waals surface area contributed by atoms with Crippen LogP contribution in [-0.2, 0) is 6.42 Å². The van der Waals surface area contributed by atoms with Gasteiger partial charge in [-0.15, -0.1) is 0 Å². The maximum absolute atomic E-state index is 14.1. The number of halogens is 2. The normalized spacial score (nSPS) is 12.8. The molecule has 0 saturated carbocycles. The number of benzene rings is 1. The minimum absolute atomic E-state index is 0.0391. The lowest BCUT2D eigenvalue weighted by atomic mass is 10.1. The number of anilines is 1. The molecule has 0 aromatic heterocycles. The summed E-state index contributed by atoms with van der Waals surface area (Å²) in [5.74, 6) is -1.04. The Labute approximate surface area is 120 Å². The Morgan fingerprint density at radius 1 is 1.10 bits per heavy atom. The van der Waals surface area contributed by atoms with Crippen LogP contribution in [-0.4, -0.2) is 45.2 Å². The quantitative estimate of drug-likeness (QED) is 0.834. The summed E-state index contributed by atoms with van der Waals surface area (Å²) in [5.41, 5.74) is 6.29. The van der Waals surface area contributed by atoms with E-state index in [1.807, 2.05) is 25.9 Å². The van der Waals surface area contributed by atoms with Crippen molar-refractivity contribution < 1.29 is 8.78 Å². The predicted molar refractivity (Wildman–Crippen MR) is 80.2 cm³/mol. The van der Waals surface area contributed by atoms with Crippen LogP contribution in [0.1, 0.15) is 18.9 Å². The van der Waals surface area contributed by atoms with E-state index >= 15 is 0 Å². The van der Waals surface area contributed by atoms with E-state index in [9.17, 15) is 8.78 Å². The van der Waals surface area contributed by atoms with Crippen LogP contribution in [0.5, 0.6) is 0 Å². The maximum Gasteiger partial charge on any atom is 0.149 e. The molecule has 0 aliphatic carbocycles. The third kappa shape index (κ3) is 5.06. The van der Waals surface area contributed by atoms with Gasteiger partial charge in [0.1, 0.15) is 17.3 Å². The monoisotopic (exact) mass is 285 g/mol. The fourth-order valence-electron chi connectivity index (χ4n) is 2.21. The van der Waals surface area contributed by atoms with E-state index in [1.54, 1.807) is 11.9 Å². The average molecular weight is 285 g/mol. The largest absolute Gasteiger partial charge is 0.370 e. The van der Waals surface area contributed by atoms with Gasteiger partial charge in [0.15, 0.2) is 0 Å². The zero-order valence-corrected chi connectivity index (χ0v) is 12.8. The molecule has 0 saturated heterocycles. The van der Waals surface area contributed by atoms with Crippen molar-refractivity contribution in [1.82, 2.24) is 4.90 Å². The lowest BCUT2D eigenvalue weighted by Crippen LogP contribution is -2.25. The van der Waals surface area contributed by atoms with Crippen LogP contribution in [0.15, 0.2) is 12.1 Å². The van der Waals surface area contributed by atoms with E-state index in [1.165, 1.54) is 12.1 Å². The summed E-state index contributed by atoms with van der Waals surface area (Å²) in [5, 5.41) is 0. The summed E-state index contributed by atoms with van der Waals surface area (Å²) in [6.45, 7) is 3.31. The van der Waals surface area contributed by atoms with Gasteiger partial charge in [0, 0.05) is 19.6 Å². The Morgan fingerprint density at radius 3 is 2.10 bits per heavy atom. The standard InChI is InChI=1S/C15H25F2N3/c1-11(18)8-12-9-13(16)15(14(17)10-12)20(4)7-5-6-19(2)3/h9-11H,5-8,18H2,1-4H3. The summed E-state index contributed by atoms with van der Waals surface area (Å²) in [7, 11) is 5.66. The highest BCUT2D eigenvalue weighted by molar-refractivity contribution is 5.50. The Hall–Kier alpha value is -1.20. The van der Waals surface area contributed by atoms with E-state index in [2.05, 4.69) is 0 Å². The molecule has 0 heterocycles. The van der Waals surface area contributed by atoms with Crippen molar-refractivity contribution in [1.29, 1.82) is 0 Å². The highest BCUT2D eigenvalue weighted by Gasteiger charge is 2.15. The van der Waals surface area contributed by atoms with Crippen molar-refractivity contribution >= 4 is 5.69 Å². The molecule has 1 rings (SSSR count). The van der Waals surface area contributed by atoms with Crippen molar-refractivity contribution in [2.45, 2.75) is 25.8 Å².